The summed E-state index contributed by atoms with van der Waals surface area (Å²) in [4.78, 5) is 26.5. The van der Waals surface area contributed by atoms with Gasteiger partial charge in [0.05, 0.1) is 55.1 Å². The molecule has 0 aliphatic heterocycles. The summed E-state index contributed by atoms with van der Waals surface area (Å²) >= 11 is 1.71. The summed E-state index contributed by atoms with van der Waals surface area (Å²) in [6, 6.07) is 82.5. The molecule has 9 aromatic carbocycles. The first-order chi connectivity index (χ1) is 35.2. The maximum atomic E-state index is 5.38. The quantitative estimate of drug-likeness (QED) is 0.152. The molecule has 0 amide bonds. The van der Waals surface area contributed by atoms with Crippen molar-refractivity contribution in [3.63, 3.8) is 0 Å². The molecule has 5 aromatic heterocycles. The van der Waals surface area contributed by atoms with Crippen molar-refractivity contribution >= 4 is 65.2 Å². The fourth-order valence-electron chi connectivity index (χ4n) is 10.0. The fourth-order valence-corrected chi connectivity index (χ4v) is 11.1. The van der Waals surface area contributed by atoms with Crippen molar-refractivity contribution in [2.24, 2.45) is 0 Å². The van der Waals surface area contributed by atoms with E-state index in [2.05, 4.69) is 215 Å². The summed E-state index contributed by atoms with van der Waals surface area (Å²) in [6.45, 7) is 0. The highest BCUT2D eigenvalue weighted by Crippen LogP contribution is 2.43. The molecule has 0 spiro atoms. The Kier molecular flexibility index (Phi) is 9.57. The minimum Gasteiger partial charge on any atom is -0.278 e. The molecule has 0 aliphatic carbocycles. The Morgan fingerprint density at radius 2 is 0.690 bits per heavy atom. The molecule has 332 valence electrons. The third-order valence-corrected chi connectivity index (χ3v) is 14.5. The van der Waals surface area contributed by atoms with Gasteiger partial charge in [-0.15, -0.1) is 11.3 Å². The number of thiazole rings is 1. The maximum absolute atomic E-state index is 5.38. The van der Waals surface area contributed by atoms with Gasteiger partial charge in [-0.3, -0.25) is 9.13 Å². The van der Waals surface area contributed by atoms with E-state index < -0.39 is 0 Å². The zero-order chi connectivity index (χ0) is 46.8. The summed E-state index contributed by atoms with van der Waals surface area (Å²) in [5.74, 6) is 1.22. The molecule has 0 saturated heterocycles. The third kappa shape index (κ3) is 6.99. The second kappa shape index (κ2) is 16.7. The second-order valence-corrected chi connectivity index (χ2v) is 18.7. The molecule has 0 radical (unpaired) electrons. The van der Waals surface area contributed by atoms with E-state index in [0.29, 0.717) is 11.9 Å². The lowest BCUT2D eigenvalue weighted by molar-refractivity contribution is 0.995. The molecule has 0 saturated carbocycles. The smallest absolute Gasteiger partial charge is 0.235 e. The molecule has 0 atom stereocenters. The minimum absolute atomic E-state index is 0.600. The minimum atomic E-state index is 0.600. The summed E-state index contributed by atoms with van der Waals surface area (Å²) < 4.78 is 5.55. The lowest BCUT2D eigenvalue weighted by Gasteiger charge is -2.12. The molecule has 0 fully saturated rings. The van der Waals surface area contributed by atoms with Crippen LogP contribution in [0.3, 0.4) is 0 Å². The first kappa shape index (κ1) is 40.7. The van der Waals surface area contributed by atoms with Crippen molar-refractivity contribution in [3.05, 3.63) is 237 Å². The SMILES string of the molecule is c1ccc(-c2cc(-c3ccccc3)nc(-n3c4ccccc4c4cc(-c5ccc6c(c5)c5ccc7nc(-c8ccccc8)sc7c5n6-c5nc(-c6ccccc6)cc(-c6ccccc6)n5)ccc43)n2)cc1. The average Bonchev–Trinajstić information content (AvgIpc) is 4.14. The van der Waals surface area contributed by atoms with Crippen LogP contribution in [0.5, 0.6) is 0 Å². The lowest BCUT2D eigenvalue weighted by Crippen LogP contribution is -2.04. The second-order valence-electron chi connectivity index (χ2n) is 17.7. The molecule has 14 aromatic rings. The maximum Gasteiger partial charge on any atom is 0.235 e. The summed E-state index contributed by atoms with van der Waals surface area (Å²) in [5, 5.41) is 5.43. The Labute approximate surface area is 412 Å². The van der Waals surface area contributed by atoms with Gasteiger partial charge in [0.15, 0.2) is 0 Å². The first-order valence-corrected chi connectivity index (χ1v) is 24.5. The molecular formula is C63H39N7S. The normalized spacial score (nSPS) is 11.7. The van der Waals surface area contributed by atoms with Gasteiger partial charge in [0.2, 0.25) is 11.9 Å². The van der Waals surface area contributed by atoms with Crippen molar-refractivity contribution in [2.45, 2.75) is 0 Å². The fraction of sp³-hybridized carbons (Fsp3) is 0. The zero-order valence-electron chi connectivity index (χ0n) is 38.1. The predicted molar refractivity (Wildman–Crippen MR) is 292 cm³/mol. The molecular weight excluding hydrogens is 887 g/mol. The van der Waals surface area contributed by atoms with E-state index in [1.165, 1.54) is 0 Å². The van der Waals surface area contributed by atoms with Crippen molar-refractivity contribution < 1.29 is 0 Å². The van der Waals surface area contributed by atoms with E-state index in [9.17, 15) is 0 Å². The van der Waals surface area contributed by atoms with Crippen molar-refractivity contribution in [3.8, 4) is 78.6 Å². The van der Waals surface area contributed by atoms with Gasteiger partial charge in [0, 0.05) is 49.4 Å². The number of hydrogen-bond acceptors (Lipinski definition) is 6. The van der Waals surface area contributed by atoms with Crippen LogP contribution < -0.4 is 0 Å². The van der Waals surface area contributed by atoms with Crippen molar-refractivity contribution in [2.75, 3.05) is 0 Å². The molecule has 7 nitrogen and oxygen atoms in total. The molecule has 71 heavy (non-hydrogen) atoms. The lowest BCUT2D eigenvalue weighted by atomic mass is 10.0. The van der Waals surface area contributed by atoms with Gasteiger partial charge in [-0.2, -0.15) is 0 Å². The van der Waals surface area contributed by atoms with Crippen LogP contribution in [-0.2, 0) is 0 Å². The van der Waals surface area contributed by atoms with Crippen LogP contribution in [-0.4, -0.2) is 34.1 Å². The van der Waals surface area contributed by atoms with Gasteiger partial charge in [0.25, 0.3) is 0 Å². The van der Waals surface area contributed by atoms with E-state index in [-0.39, 0.29) is 0 Å². The third-order valence-electron chi connectivity index (χ3n) is 13.4. The molecule has 5 heterocycles. The monoisotopic (exact) mass is 925 g/mol. The van der Waals surface area contributed by atoms with Crippen LogP contribution in [0.25, 0.3) is 132 Å². The number of rotatable bonds is 8. The highest BCUT2D eigenvalue weighted by Gasteiger charge is 2.23. The molecule has 0 bridgehead atoms. The van der Waals surface area contributed by atoms with Gasteiger partial charge in [0.1, 0.15) is 5.01 Å². The van der Waals surface area contributed by atoms with E-state index >= 15 is 0 Å². The summed E-state index contributed by atoms with van der Waals surface area (Å²) in [7, 11) is 0. The van der Waals surface area contributed by atoms with Crippen molar-refractivity contribution in [1.29, 1.82) is 0 Å². The van der Waals surface area contributed by atoms with Crippen LogP contribution in [0.2, 0.25) is 0 Å². The zero-order valence-corrected chi connectivity index (χ0v) is 38.9. The topological polar surface area (TPSA) is 74.3 Å². The largest absolute Gasteiger partial charge is 0.278 e. The van der Waals surface area contributed by atoms with Crippen LogP contribution in [0.1, 0.15) is 0 Å². The Morgan fingerprint density at radius 3 is 1.20 bits per heavy atom. The Hall–Kier alpha value is -9.37. The standard InChI is InChI=1S/C63H39N7S/c1-6-18-40(19-7-1)52-38-53(41-20-8-2-9-21-41)66-62(65-52)69-56-29-17-16-28-47(56)49-36-45(30-34-57(49)69)46-31-35-58-50(37-46)48-32-33-51-60(71-61(64-51)44-26-14-5-15-27-44)59(48)70(58)63-67-54(42-22-10-3-11-23-42)39-55(68-63)43-24-12-4-13-25-43/h1-39H. The Bertz CT molecular complexity index is 4200. The molecule has 0 unspecified atom stereocenters. The summed E-state index contributed by atoms with van der Waals surface area (Å²) in [6.07, 6.45) is 0. The van der Waals surface area contributed by atoms with Crippen LogP contribution in [0.15, 0.2) is 237 Å². The molecule has 0 N–H and O–H groups in total. The number of aromatic nitrogens is 7. The van der Waals surface area contributed by atoms with Crippen LogP contribution in [0, 0.1) is 0 Å². The molecule has 14 rings (SSSR count). The van der Waals surface area contributed by atoms with Gasteiger partial charge in [-0.25, -0.2) is 24.9 Å². The van der Waals surface area contributed by atoms with E-state index in [1.807, 2.05) is 30.3 Å². The number of benzene rings is 9. The van der Waals surface area contributed by atoms with Crippen LogP contribution >= 0.6 is 11.3 Å². The van der Waals surface area contributed by atoms with Crippen molar-refractivity contribution in [1.82, 2.24) is 34.1 Å². The Balaban J connectivity index is 0.980. The number of hydrogen-bond donors (Lipinski definition) is 0. The average molecular weight is 926 g/mol. The van der Waals surface area contributed by atoms with Gasteiger partial charge >= 0.3 is 0 Å². The van der Waals surface area contributed by atoms with E-state index in [0.717, 1.165) is 121 Å². The van der Waals surface area contributed by atoms with Gasteiger partial charge < -0.3 is 0 Å². The number of fused-ring (bicyclic) bond motifs is 8. The highest BCUT2D eigenvalue weighted by molar-refractivity contribution is 7.22. The highest BCUT2D eigenvalue weighted by atomic mass is 32.1. The van der Waals surface area contributed by atoms with Gasteiger partial charge in [-0.05, 0) is 65.7 Å². The molecule has 0 aliphatic rings. The Morgan fingerprint density at radius 1 is 0.282 bits per heavy atom. The first-order valence-electron chi connectivity index (χ1n) is 23.7. The number of para-hydroxylation sites is 1. The molecule has 8 heteroatoms. The number of nitrogens with zero attached hydrogens (tertiary/aromatic N) is 7. The van der Waals surface area contributed by atoms with E-state index in [1.54, 1.807) is 11.3 Å². The predicted octanol–water partition coefficient (Wildman–Crippen LogP) is 16.1. The van der Waals surface area contributed by atoms with Crippen LogP contribution in [0.4, 0.5) is 0 Å². The summed E-state index contributed by atoms with van der Waals surface area (Å²) in [5.41, 5.74) is 15.9. The van der Waals surface area contributed by atoms with Gasteiger partial charge in [-0.1, -0.05) is 182 Å². The van der Waals surface area contributed by atoms with E-state index in [4.69, 9.17) is 24.9 Å².